The minimum atomic E-state index is -4.61. The van der Waals surface area contributed by atoms with Crippen molar-refractivity contribution in [3.8, 4) is 17.3 Å². The number of amides is 2. The Morgan fingerprint density at radius 1 is 1.06 bits per heavy atom. The number of benzene rings is 1. The number of ether oxygens (including phenoxy) is 1. The number of aromatic nitrogens is 7. The third-order valence-electron chi connectivity index (χ3n) is 8.84. The molecular weight excluding hydrogens is 693 g/mol. The van der Waals surface area contributed by atoms with E-state index in [0.29, 0.717) is 61.0 Å². The Hall–Kier alpha value is -5.45. The predicted octanol–water partition coefficient (Wildman–Crippen LogP) is 4.15. The van der Waals surface area contributed by atoms with Gasteiger partial charge in [-0.15, -0.1) is 5.10 Å². The molecule has 2 amide bonds. The highest BCUT2D eigenvalue weighted by atomic mass is 35.5. The lowest BCUT2D eigenvalue weighted by Gasteiger charge is -2.37. The molecule has 1 fully saturated rings. The highest BCUT2D eigenvalue weighted by Crippen LogP contribution is 2.34. The largest absolute Gasteiger partial charge is 0.481 e. The summed E-state index contributed by atoms with van der Waals surface area (Å²) in [6.07, 6.45) is -2.81. The molecule has 1 aliphatic rings. The van der Waals surface area contributed by atoms with E-state index in [1.54, 1.807) is 40.3 Å². The first-order chi connectivity index (χ1) is 24.2. The smallest absolute Gasteiger partial charge is 0.416 e. The minimum absolute atomic E-state index is 0.0177. The number of nitrogens with zero attached hydrogens (tertiary/aromatic N) is 9. The van der Waals surface area contributed by atoms with Crippen LogP contribution in [-0.4, -0.2) is 83.9 Å². The molecule has 51 heavy (non-hydrogen) atoms. The first kappa shape index (κ1) is 35.4. The molecule has 4 aromatic heterocycles. The van der Waals surface area contributed by atoms with Crippen molar-refractivity contribution in [3.63, 3.8) is 0 Å². The lowest BCUT2D eigenvalue weighted by molar-refractivity contribution is -0.137. The average molecular weight is 727 g/mol. The SMILES string of the molecule is CCc1c(N2CCN(C(=O)c3c(C)nn(C)c3C)CC2)c(=O)n2nc(-c3ccnc(OC)c3)nc2n1CC(=O)Nc1ccc(C(F)(F)F)cc1Cl. The Balaban J connectivity index is 1.38. The fraction of sp³-hybridized carbons (Fsp3) is 0.364. The molecule has 0 unspecified atom stereocenters. The number of anilines is 2. The van der Waals surface area contributed by atoms with Gasteiger partial charge in [0.1, 0.15) is 12.2 Å². The Bertz CT molecular complexity index is 2220. The summed E-state index contributed by atoms with van der Waals surface area (Å²) in [6.45, 7) is 6.34. The standard InChI is InChI=1S/C33H34ClF3N10O4/c1-6-24-28(44-11-13-45(14-12-44)30(49)27-18(2)41-43(4)19(27)3)31(50)47-32(40-29(42-47)20-9-10-38-26(15-20)51-5)46(24)17-25(48)39-23-8-7-21(16-22(23)34)33(35,36)37/h7-10,15-16H,6,11-14,17H2,1-5H3,(H,39,48). The second-order valence-electron chi connectivity index (χ2n) is 12.0. The summed E-state index contributed by atoms with van der Waals surface area (Å²) >= 11 is 6.13. The van der Waals surface area contributed by atoms with E-state index in [9.17, 15) is 27.6 Å². The number of piperazine rings is 1. The molecule has 1 saturated heterocycles. The number of carbonyl (C=O) groups is 2. The zero-order valence-corrected chi connectivity index (χ0v) is 29.1. The van der Waals surface area contributed by atoms with Crippen LogP contribution in [0.1, 0.15) is 39.9 Å². The number of hydrogen-bond acceptors (Lipinski definition) is 9. The quantitative estimate of drug-likeness (QED) is 0.249. The van der Waals surface area contributed by atoms with Gasteiger partial charge in [-0.1, -0.05) is 18.5 Å². The van der Waals surface area contributed by atoms with Crippen molar-refractivity contribution in [2.24, 2.45) is 7.05 Å². The van der Waals surface area contributed by atoms with Crippen LogP contribution in [0.2, 0.25) is 5.02 Å². The number of alkyl halides is 3. The highest BCUT2D eigenvalue weighted by molar-refractivity contribution is 6.33. The van der Waals surface area contributed by atoms with Gasteiger partial charge in [0.25, 0.3) is 11.5 Å². The van der Waals surface area contributed by atoms with E-state index in [4.69, 9.17) is 16.3 Å². The maximum absolute atomic E-state index is 14.3. The fourth-order valence-corrected chi connectivity index (χ4v) is 6.44. The second-order valence-corrected chi connectivity index (χ2v) is 12.4. The molecule has 0 radical (unpaired) electrons. The Kier molecular flexibility index (Phi) is 9.50. The molecule has 6 rings (SSSR count). The van der Waals surface area contributed by atoms with Gasteiger partial charge in [-0.2, -0.15) is 27.8 Å². The Labute approximate surface area is 294 Å². The highest BCUT2D eigenvalue weighted by Gasteiger charge is 2.32. The number of hydrogen-bond donors (Lipinski definition) is 1. The predicted molar refractivity (Wildman–Crippen MR) is 182 cm³/mol. The van der Waals surface area contributed by atoms with Crippen molar-refractivity contribution < 1.29 is 27.5 Å². The topological polar surface area (TPSA) is 145 Å². The number of pyridine rings is 1. The average Bonchev–Trinajstić information content (AvgIpc) is 3.66. The first-order valence-corrected chi connectivity index (χ1v) is 16.3. The Morgan fingerprint density at radius 2 is 1.78 bits per heavy atom. The van der Waals surface area contributed by atoms with Crippen LogP contribution >= 0.6 is 11.6 Å². The monoisotopic (exact) mass is 726 g/mol. The van der Waals surface area contributed by atoms with E-state index < -0.39 is 23.2 Å². The minimum Gasteiger partial charge on any atom is -0.481 e. The maximum atomic E-state index is 14.3. The van der Waals surface area contributed by atoms with E-state index in [2.05, 4.69) is 25.5 Å². The zero-order valence-electron chi connectivity index (χ0n) is 28.4. The van der Waals surface area contributed by atoms with Gasteiger partial charge in [-0.05, 0) is 44.5 Å². The normalized spacial score (nSPS) is 13.6. The summed E-state index contributed by atoms with van der Waals surface area (Å²) < 4.78 is 49.2. The molecule has 0 bridgehead atoms. The number of aryl methyl sites for hydroxylation is 2. The van der Waals surface area contributed by atoms with Crippen LogP contribution in [0.25, 0.3) is 17.2 Å². The van der Waals surface area contributed by atoms with E-state index in [1.807, 2.05) is 18.7 Å². The van der Waals surface area contributed by atoms with Gasteiger partial charge in [0.05, 0.1) is 40.3 Å². The number of nitrogens with one attached hydrogen (secondary N) is 1. The summed E-state index contributed by atoms with van der Waals surface area (Å²) in [5.41, 5.74) is 1.76. The van der Waals surface area contributed by atoms with Crippen molar-refractivity contribution in [1.29, 1.82) is 0 Å². The maximum Gasteiger partial charge on any atom is 0.416 e. The molecule has 0 spiro atoms. The molecule has 1 aliphatic heterocycles. The van der Waals surface area contributed by atoms with Crippen LogP contribution in [0.15, 0.2) is 41.3 Å². The first-order valence-electron chi connectivity index (χ1n) is 16.0. The van der Waals surface area contributed by atoms with Crippen LogP contribution < -0.4 is 20.5 Å². The van der Waals surface area contributed by atoms with Crippen molar-refractivity contribution in [3.05, 3.63) is 80.1 Å². The third kappa shape index (κ3) is 6.72. The molecule has 5 heterocycles. The van der Waals surface area contributed by atoms with Gasteiger partial charge in [0.2, 0.25) is 17.6 Å². The second kappa shape index (κ2) is 13.7. The summed E-state index contributed by atoms with van der Waals surface area (Å²) in [5, 5.41) is 11.2. The molecule has 268 valence electrons. The lowest BCUT2D eigenvalue weighted by atomic mass is 10.1. The third-order valence-corrected chi connectivity index (χ3v) is 9.15. The van der Waals surface area contributed by atoms with Crippen molar-refractivity contribution in [2.45, 2.75) is 39.9 Å². The van der Waals surface area contributed by atoms with Crippen LogP contribution in [0.5, 0.6) is 5.88 Å². The van der Waals surface area contributed by atoms with Crippen molar-refractivity contribution >= 4 is 40.6 Å². The molecule has 1 aromatic carbocycles. The van der Waals surface area contributed by atoms with Gasteiger partial charge in [0, 0.05) is 56.7 Å². The van der Waals surface area contributed by atoms with Gasteiger partial charge in [0.15, 0.2) is 5.82 Å². The van der Waals surface area contributed by atoms with Crippen molar-refractivity contribution in [2.75, 3.05) is 43.5 Å². The molecule has 18 heteroatoms. The number of methoxy groups -OCH3 is 1. The molecule has 14 nitrogen and oxygen atoms in total. The van der Waals surface area contributed by atoms with Crippen LogP contribution in [-0.2, 0) is 31.0 Å². The number of rotatable bonds is 8. The van der Waals surface area contributed by atoms with Crippen molar-refractivity contribution in [1.82, 2.24) is 38.8 Å². The van der Waals surface area contributed by atoms with Crippen LogP contribution in [0.3, 0.4) is 0 Å². The summed E-state index contributed by atoms with van der Waals surface area (Å²) in [5.74, 6) is -0.237. The molecule has 0 atom stereocenters. The summed E-state index contributed by atoms with van der Waals surface area (Å²) in [7, 11) is 3.24. The number of halogens is 4. The van der Waals surface area contributed by atoms with Gasteiger partial charge < -0.3 is 24.4 Å². The summed E-state index contributed by atoms with van der Waals surface area (Å²) in [4.78, 5) is 53.6. The molecule has 5 aromatic rings. The van der Waals surface area contributed by atoms with E-state index in [1.165, 1.54) is 13.3 Å². The van der Waals surface area contributed by atoms with E-state index in [-0.39, 0.29) is 40.5 Å². The zero-order chi connectivity index (χ0) is 36.8. The van der Waals surface area contributed by atoms with Gasteiger partial charge in [-0.25, -0.2) is 4.98 Å². The molecular formula is C33H34ClF3N10O4. The number of fused-ring (bicyclic) bond motifs is 1. The fourth-order valence-electron chi connectivity index (χ4n) is 6.21. The molecule has 0 aliphatic carbocycles. The van der Waals surface area contributed by atoms with Crippen LogP contribution in [0.4, 0.5) is 24.5 Å². The lowest BCUT2D eigenvalue weighted by Crippen LogP contribution is -2.51. The Morgan fingerprint density at radius 3 is 2.39 bits per heavy atom. The summed E-state index contributed by atoms with van der Waals surface area (Å²) in [6, 6.07) is 5.89. The van der Waals surface area contributed by atoms with E-state index in [0.717, 1.165) is 28.4 Å². The molecule has 0 saturated carbocycles. The van der Waals surface area contributed by atoms with Crippen LogP contribution in [0, 0.1) is 13.8 Å². The number of carbonyl (C=O) groups excluding carboxylic acids is 2. The van der Waals surface area contributed by atoms with Gasteiger partial charge >= 0.3 is 6.18 Å². The molecule has 1 N–H and O–H groups in total. The van der Waals surface area contributed by atoms with Gasteiger partial charge in [-0.3, -0.25) is 19.1 Å². The van der Waals surface area contributed by atoms with E-state index >= 15 is 0 Å².